The van der Waals surface area contributed by atoms with Crippen LogP contribution in [0.15, 0.2) is 72.1 Å². The largest absolute Gasteiger partial charge is 0.435 e. The Bertz CT molecular complexity index is 1660. The number of hydrazone groups is 1. The number of nitrogens with one attached hydrogen (secondary N) is 2. The van der Waals surface area contributed by atoms with Crippen LogP contribution >= 0.6 is 12.2 Å². The van der Waals surface area contributed by atoms with E-state index in [1.165, 1.54) is 12.4 Å². The number of anilines is 1. The minimum Gasteiger partial charge on any atom is -0.331 e. The van der Waals surface area contributed by atoms with Gasteiger partial charge in [0.15, 0.2) is 16.6 Å². The fraction of sp³-hybridized carbons (Fsp3) is 0.154. The van der Waals surface area contributed by atoms with E-state index in [0.717, 1.165) is 22.7 Å². The third-order valence-electron chi connectivity index (χ3n) is 5.79. The molecule has 2 aromatic carbocycles. The predicted octanol–water partition coefficient (Wildman–Crippen LogP) is 5.83. The third-order valence-corrected chi connectivity index (χ3v) is 5.98. The normalized spacial score (nSPS) is 12.1. The molecule has 12 heteroatoms. The lowest BCUT2D eigenvalue weighted by atomic mass is 10.0. The number of halogens is 3. The van der Waals surface area contributed by atoms with Gasteiger partial charge in [-0.3, -0.25) is 9.99 Å². The summed E-state index contributed by atoms with van der Waals surface area (Å²) in [7, 11) is 0. The minimum atomic E-state index is -4.55. The van der Waals surface area contributed by atoms with E-state index in [1.807, 2.05) is 24.3 Å². The van der Waals surface area contributed by atoms with E-state index in [0.29, 0.717) is 33.3 Å². The van der Waals surface area contributed by atoms with Crippen molar-refractivity contribution in [2.75, 3.05) is 5.32 Å². The third kappa shape index (κ3) is 5.16. The Balaban J connectivity index is 1.33. The van der Waals surface area contributed by atoms with E-state index in [4.69, 9.17) is 12.2 Å². The van der Waals surface area contributed by atoms with Gasteiger partial charge in [-0.15, -0.1) is 10.2 Å². The second kappa shape index (κ2) is 10.1. The van der Waals surface area contributed by atoms with Gasteiger partial charge in [0.1, 0.15) is 6.33 Å². The summed E-state index contributed by atoms with van der Waals surface area (Å²) in [5.74, 6) is 0.566. The van der Waals surface area contributed by atoms with Gasteiger partial charge in [0.25, 0.3) is 0 Å². The fourth-order valence-corrected chi connectivity index (χ4v) is 4.14. The van der Waals surface area contributed by atoms with Crippen molar-refractivity contribution in [3.8, 4) is 5.82 Å². The number of nitrogens with zero attached hydrogens (tertiary/aromatic N) is 6. The number of alkyl halides is 3. The van der Waals surface area contributed by atoms with Gasteiger partial charge in [0.2, 0.25) is 0 Å². The summed E-state index contributed by atoms with van der Waals surface area (Å²) in [5.41, 5.74) is 6.40. The molecule has 0 spiro atoms. The number of aromatic nitrogens is 5. The molecule has 192 valence electrons. The average Bonchev–Trinajstić information content (AvgIpc) is 3.33. The molecule has 8 nitrogen and oxygen atoms in total. The summed E-state index contributed by atoms with van der Waals surface area (Å²) in [4.78, 5) is 9.04. The molecule has 5 aromatic rings. The number of pyridine rings is 1. The van der Waals surface area contributed by atoms with Gasteiger partial charge < -0.3 is 5.32 Å². The van der Waals surface area contributed by atoms with Crippen LogP contribution in [-0.2, 0) is 6.18 Å². The lowest BCUT2D eigenvalue weighted by Crippen LogP contribution is -2.24. The van der Waals surface area contributed by atoms with Crippen LogP contribution in [0, 0.1) is 0 Å². The molecule has 0 unspecified atom stereocenters. The Kier molecular flexibility index (Phi) is 6.72. The monoisotopic (exact) mass is 534 g/mol. The minimum absolute atomic E-state index is 0.225. The lowest BCUT2D eigenvalue weighted by molar-refractivity contribution is -0.141. The van der Waals surface area contributed by atoms with Crippen LogP contribution in [0.1, 0.15) is 36.7 Å². The molecule has 3 aromatic heterocycles. The van der Waals surface area contributed by atoms with Crippen LogP contribution in [0.5, 0.6) is 0 Å². The highest BCUT2D eigenvalue weighted by Crippen LogP contribution is 2.28. The van der Waals surface area contributed by atoms with Crippen molar-refractivity contribution in [2.45, 2.75) is 25.9 Å². The molecule has 2 N–H and O–H groups in total. The molecule has 5 rings (SSSR count). The van der Waals surface area contributed by atoms with Gasteiger partial charge in [-0.05, 0) is 66.2 Å². The zero-order valence-electron chi connectivity index (χ0n) is 20.2. The number of benzene rings is 2. The highest BCUT2D eigenvalue weighted by atomic mass is 32.1. The molecule has 0 saturated carbocycles. The lowest BCUT2D eigenvalue weighted by Gasteiger charge is -2.14. The van der Waals surface area contributed by atoms with E-state index in [2.05, 4.69) is 55.9 Å². The maximum atomic E-state index is 12.8. The van der Waals surface area contributed by atoms with Crippen molar-refractivity contribution in [3.05, 3.63) is 83.9 Å². The van der Waals surface area contributed by atoms with Gasteiger partial charge in [0, 0.05) is 11.1 Å². The molecular weight excluding hydrogens is 513 g/mol. The van der Waals surface area contributed by atoms with Gasteiger partial charge >= 0.3 is 6.18 Å². The van der Waals surface area contributed by atoms with Crippen molar-refractivity contribution in [2.24, 2.45) is 5.10 Å². The Labute approximate surface area is 220 Å². The van der Waals surface area contributed by atoms with E-state index >= 15 is 0 Å². The van der Waals surface area contributed by atoms with E-state index in [-0.39, 0.29) is 5.82 Å². The Morgan fingerprint density at radius 1 is 1.03 bits per heavy atom. The van der Waals surface area contributed by atoms with E-state index < -0.39 is 11.9 Å². The topological polar surface area (TPSA) is 92.9 Å². The maximum Gasteiger partial charge on any atom is 0.435 e. The molecule has 0 atom stereocenters. The Hall–Kier alpha value is -4.45. The van der Waals surface area contributed by atoms with Crippen LogP contribution in [0.3, 0.4) is 0 Å². The standard InChI is InChI=1S/C26H21F3N8S/c1-15(2)17-5-3-4-6-19(17)33-25(38)36-31-13-16-7-8-18-20(32-16)9-10-21-24(18)30-14-37(21)23-12-11-22(34-35-23)26(27,28)29/h3-15H,1-2H3,(H2,33,36,38)/b31-13+. The summed E-state index contributed by atoms with van der Waals surface area (Å²) >= 11 is 5.36. The molecule has 0 fully saturated rings. The molecular formula is C26H21F3N8S. The van der Waals surface area contributed by atoms with Gasteiger partial charge in [-0.25, -0.2) is 9.97 Å². The highest BCUT2D eigenvalue weighted by molar-refractivity contribution is 7.80. The summed E-state index contributed by atoms with van der Waals surface area (Å²) in [6, 6.07) is 17.3. The van der Waals surface area contributed by atoms with Gasteiger partial charge in [0.05, 0.1) is 28.5 Å². The first-order chi connectivity index (χ1) is 18.2. The van der Waals surface area contributed by atoms with Crippen molar-refractivity contribution in [3.63, 3.8) is 0 Å². The SMILES string of the molecule is CC(C)c1ccccc1NC(=S)N/N=C/c1ccc2c(ccc3c2ncn3-c2ccc(C(F)(F)F)nn2)n1. The quantitative estimate of drug-likeness (QED) is 0.167. The Morgan fingerprint density at radius 2 is 1.84 bits per heavy atom. The van der Waals surface area contributed by atoms with Crippen molar-refractivity contribution in [1.29, 1.82) is 0 Å². The number of imidazole rings is 1. The van der Waals surface area contributed by atoms with Crippen LogP contribution < -0.4 is 10.7 Å². The Morgan fingerprint density at radius 3 is 2.58 bits per heavy atom. The van der Waals surface area contributed by atoms with Crippen molar-refractivity contribution >= 4 is 51.2 Å². The summed E-state index contributed by atoms with van der Waals surface area (Å²) < 4.78 is 40.0. The molecule has 0 radical (unpaired) electrons. The number of rotatable bonds is 5. The number of thiocarbonyl (C=S) groups is 1. The van der Waals surface area contributed by atoms with Crippen LogP contribution in [-0.4, -0.2) is 36.1 Å². The molecule has 0 aliphatic heterocycles. The summed E-state index contributed by atoms with van der Waals surface area (Å²) in [6.45, 7) is 4.23. The first kappa shape index (κ1) is 25.2. The predicted molar refractivity (Wildman–Crippen MR) is 144 cm³/mol. The first-order valence-electron chi connectivity index (χ1n) is 11.6. The zero-order valence-corrected chi connectivity index (χ0v) is 21.0. The molecule has 0 bridgehead atoms. The van der Waals surface area contributed by atoms with Crippen LogP contribution in [0.2, 0.25) is 0 Å². The first-order valence-corrected chi connectivity index (χ1v) is 12.0. The highest BCUT2D eigenvalue weighted by Gasteiger charge is 2.33. The number of fused-ring (bicyclic) bond motifs is 3. The summed E-state index contributed by atoms with van der Waals surface area (Å²) in [5, 5.41) is 15.5. The maximum absolute atomic E-state index is 12.8. The van der Waals surface area contributed by atoms with Gasteiger partial charge in [-0.2, -0.15) is 18.3 Å². The second-order valence-corrected chi connectivity index (χ2v) is 9.10. The summed E-state index contributed by atoms with van der Waals surface area (Å²) in [6.07, 6.45) is -1.50. The van der Waals surface area contributed by atoms with E-state index in [1.54, 1.807) is 29.0 Å². The van der Waals surface area contributed by atoms with Crippen LogP contribution in [0.4, 0.5) is 18.9 Å². The molecule has 3 heterocycles. The number of hydrogen-bond donors (Lipinski definition) is 2. The van der Waals surface area contributed by atoms with E-state index in [9.17, 15) is 13.2 Å². The molecule has 0 amide bonds. The molecule has 0 saturated heterocycles. The smallest absolute Gasteiger partial charge is 0.331 e. The molecule has 0 aliphatic carbocycles. The average molecular weight is 535 g/mol. The van der Waals surface area contributed by atoms with Crippen molar-refractivity contribution in [1.82, 2.24) is 30.2 Å². The van der Waals surface area contributed by atoms with Crippen LogP contribution in [0.25, 0.3) is 27.8 Å². The molecule has 38 heavy (non-hydrogen) atoms. The van der Waals surface area contributed by atoms with Gasteiger partial charge in [-0.1, -0.05) is 32.0 Å². The van der Waals surface area contributed by atoms with Crippen molar-refractivity contribution < 1.29 is 13.2 Å². The zero-order chi connectivity index (χ0) is 26.9. The number of hydrogen-bond acceptors (Lipinski definition) is 6. The fourth-order valence-electron chi connectivity index (χ4n) is 3.98. The second-order valence-electron chi connectivity index (χ2n) is 8.69. The molecule has 0 aliphatic rings. The number of para-hydroxylation sites is 1.